The van der Waals surface area contributed by atoms with E-state index in [-0.39, 0.29) is 12.3 Å². The molecule has 0 saturated heterocycles. The zero-order chi connectivity index (χ0) is 13.5. The number of carbonyl (C=O) groups excluding carboxylic acids is 1. The number of para-hydroxylation sites is 1. The first-order valence-electron chi connectivity index (χ1n) is 5.86. The number of anilines is 1. The van der Waals surface area contributed by atoms with Gasteiger partial charge in [0.25, 0.3) is 0 Å². The number of H-pyrrole nitrogens is 1. The maximum Gasteiger partial charge on any atom is 0.361 e. The minimum atomic E-state index is -0.504. The molecule has 0 atom stereocenters. The first kappa shape index (κ1) is 12.8. The minimum Gasteiger partial charge on any atom is -0.461 e. The molecule has 2 N–H and O–H groups in total. The number of carbonyl (C=O) groups is 1. The Morgan fingerprint density at radius 1 is 1.42 bits per heavy atom. The molecule has 6 heteroatoms. The van der Waals surface area contributed by atoms with E-state index in [1.807, 2.05) is 30.3 Å². The largest absolute Gasteiger partial charge is 0.461 e. The number of ether oxygens (including phenoxy) is 1. The molecule has 0 fully saturated rings. The summed E-state index contributed by atoms with van der Waals surface area (Å²) >= 11 is 0. The number of nitrogens with zero attached hydrogens (tertiary/aromatic N) is 2. The third-order valence-electron chi connectivity index (χ3n) is 2.29. The number of esters is 1. The molecular formula is C13H14N4O2. The van der Waals surface area contributed by atoms with Crippen LogP contribution in [-0.4, -0.2) is 28.3 Å². The van der Waals surface area contributed by atoms with E-state index in [1.54, 1.807) is 6.92 Å². The molecule has 0 aliphatic rings. The van der Waals surface area contributed by atoms with Gasteiger partial charge in [0, 0.05) is 0 Å². The van der Waals surface area contributed by atoms with Gasteiger partial charge in [-0.25, -0.2) is 9.78 Å². The monoisotopic (exact) mass is 258 g/mol. The van der Waals surface area contributed by atoms with Crippen LogP contribution in [0.4, 0.5) is 5.69 Å². The quantitative estimate of drug-likeness (QED) is 0.487. The molecule has 0 bridgehead atoms. The van der Waals surface area contributed by atoms with Gasteiger partial charge >= 0.3 is 5.97 Å². The van der Waals surface area contributed by atoms with Gasteiger partial charge in [-0.05, 0) is 19.1 Å². The van der Waals surface area contributed by atoms with Crippen molar-refractivity contribution >= 4 is 17.4 Å². The lowest BCUT2D eigenvalue weighted by molar-refractivity contribution is -0.134. The average molecular weight is 258 g/mol. The molecule has 19 heavy (non-hydrogen) atoms. The molecule has 0 radical (unpaired) electrons. The summed E-state index contributed by atoms with van der Waals surface area (Å²) in [5.41, 5.74) is 4.25. The van der Waals surface area contributed by atoms with Crippen molar-refractivity contribution in [3.63, 3.8) is 0 Å². The van der Waals surface area contributed by atoms with Crippen LogP contribution >= 0.6 is 0 Å². The van der Waals surface area contributed by atoms with E-state index in [1.165, 1.54) is 12.5 Å². The van der Waals surface area contributed by atoms with Crippen molar-refractivity contribution < 1.29 is 9.53 Å². The highest BCUT2D eigenvalue weighted by Gasteiger charge is 2.16. The summed E-state index contributed by atoms with van der Waals surface area (Å²) in [5, 5.41) is 4.08. The Morgan fingerprint density at radius 3 is 2.84 bits per heavy atom. The first-order chi connectivity index (χ1) is 9.31. The Bertz CT molecular complexity index is 549. The van der Waals surface area contributed by atoms with Crippen LogP contribution in [0, 0.1) is 0 Å². The smallest absolute Gasteiger partial charge is 0.361 e. The number of aromatic nitrogens is 2. The van der Waals surface area contributed by atoms with E-state index >= 15 is 0 Å². The van der Waals surface area contributed by atoms with Gasteiger partial charge in [0.1, 0.15) is 0 Å². The summed E-state index contributed by atoms with van der Waals surface area (Å²) < 4.78 is 4.96. The fraction of sp³-hybridized carbons (Fsp3) is 0.154. The summed E-state index contributed by atoms with van der Waals surface area (Å²) in [6, 6.07) is 9.34. The van der Waals surface area contributed by atoms with Crippen LogP contribution in [0.5, 0.6) is 0 Å². The molecule has 1 aromatic carbocycles. The van der Waals surface area contributed by atoms with E-state index in [4.69, 9.17) is 4.74 Å². The maximum atomic E-state index is 11.8. The van der Waals surface area contributed by atoms with E-state index in [9.17, 15) is 4.79 Å². The Balaban J connectivity index is 2.20. The third-order valence-corrected chi connectivity index (χ3v) is 2.29. The molecule has 1 aromatic heterocycles. The minimum absolute atomic E-state index is 0.156. The topological polar surface area (TPSA) is 79.4 Å². The summed E-state index contributed by atoms with van der Waals surface area (Å²) in [4.78, 5) is 18.5. The van der Waals surface area contributed by atoms with Crippen LogP contribution in [0.3, 0.4) is 0 Å². The summed E-state index contributed by atoms with van der Waals surface area (Å²) in [6.45, 7) is 2.03. The molecule has 1 heterocycles. The molecule has 2 aromatic rings. The third kappa shape index (κ3) is 3.41. The standard InChI is InChI=1S/C13H14N4O2/c1-2-19-13(18)12(11-8-14-9-15-11)17-16-10-6-4-3-5-7-10/h3-9,16H,2H2,1H3,(H,14,15)/b17-12-. The summed E-state index contributed by atoms with van der Waals surface area (Å²) in [5.74, 6) is -0.504. The second-order valence-corrected chi connectivity index (χ2v) is 3.62. The Labute approximate surface area is 110 Å². The van der Waals surface area contributed by atoms with Crippen LogP contribution in [0.2, 0.25) is 0 Å². The van der Waals surface area contributed by atoms with Gasteiger partial charge in [-0.1, -0.05) is 18.2 Å². The molecular weight excluding hydrogens is 244 g/mol. The van der Waals surface area contributed by atoms with Gasteiger partial charge in [-0.2, -0.15) is 5.10 Å². The normalized spacial score (nSPS) is 11.1. The molecule has 0 aliphatic heterocycles. The number of benzene rings is 1. The molecule has 2 rings (SSSR count). The van der Waals surface area contributed by atoms with Crippen LogP contribution in [0.25, 0.3) is 0 Å². The van der Waals surface area contributed by atoms with Crippen molar-refractivity contribution in [1.82, 2.24) is 9.97 Å². The second kappa shape index (κ2) is 6.34. The van der Waals surface area contributed by atoms with Crippen molar-refractivity contribution in [2.24, 2.45) is 5.10 Å². The van der Waals surface area contributed by atoms with E-state index in [0.717, 1.165) is 5.69 Å². The molecule has 98 valence electrons. The lowest BCUT2D eigenvalue weighted by atomic mass is 10.3. The van der Waals surface area contributed by atoms with Crippen molar-refractivity contribution in [2.45, 2.75) is 6.92 Å². The molecule has 0 saturated carbocycles. The highest BCUT2D eigenvalue weighted by Crippen LogP contribution is 2.06. The van der Waals surface area contributed by atoms with Crippen LogP contribution in [0.1, 0.15) is 12.6 Å². The van der Waals surface area contributed by atoms with Crippen LogP contribution < -0.4 is 5.43 Å². The number of nitrogens with one attached hydrogen (secondary N) is 2. The number of hydrazone groups is 1. The lowest BCUT2D eigenvalue weighted by Crippen LogP contribution is -2.20. The Kier molecular flexibility index (Phi) is 4.28. The predicted octanol–water partition coefficient (Wildman–Crippen LogP) is 1.79. The Hall–Kier alpha value is -2.63. The molecule has 0 amide bonds. The van der Waals surface area contributed by atoms with Crippen molar-refractivity contribution in [3.05, 3.63) is 48.5 Å². The summed E-state index contributed by atoms with van der Waals surface area (Å²) in [7, 11) is 0. The molecule has 0 unspecified atom stereocenters. The zero-order valence-corrected chi connectivity index (χ0v) is 10.5. The fourth-order valence-electron chi connectivity index (χ4n) is 1.43. The number of hydrogen-bond acceptors (Lipinski definition) is 5. The number of hydrogen-bond donors (Lipinski definition) is 2. The van der Waals surface area contributed by atoms with Gasteiger partial charge in [0.15, 0.2) is 5.71 Å². The first-order valence-corrected chi connectivity index (χ1v) is 5.86. The van der Waals surface area contributed by atoms with Gasteiger partial charge < -0.3 is 9.72 Å². The molecule has 6 nitrogen and oxygen atoms in total. The van der Waals surface area contributed by atoms with Crippen LogP contribution in [0.15, 0.2) is 48.0 Å². The Morgan fingerprint density at radius 2 is 2.21 bits per heavy atom. The summed E-state index contributed by atoms with van der Waals surface area (Å²) in [6.07, 6.45) is 3.00. The fourth-order valence-corrected chi connectivity index (χ4v) is 1.43. The van der Waals surface area contributed by atoms with Gasteiger partial charge in [0.05, 0.1) is 30.5 Å². The molecule has 0 aliphatic carbocycles. The highest BCUT2D eigenvalue weighted by molar-refractivity contribution is 6.42. The van der Waals surface area contributed by atoms with E-state index < -0.39 is 5.97 Å². The number of aromatic amines is 1. The van der Waals surface area contributed by atoms with Gasteiger partial charge in [-0.3, -0.25) is 5.43 Å². The van der Waals surface area contributed by atoms with Crippen molar-refractivity contribution in [2.75, 3.05) is 12.0 Å². The van der Waals surface area contributed by atoms with Crippen molar-refractivity contribution in [3.8, 4) is 0 Å². The van der Waals surface area contributed by atoms with Crippen LogP contribution in [-0.2, 0) is 9.53 Å². The number of imidazole rings is 1. The lowest BCUT2D eigenvalue weighted by Gasteiger charge is -2.05. The van der Waals surface area contributed by atoms with E-state index in [2.05, 4.69) is 20.5 Å². The van der Waals surface area contributed by atoms with Crippen molar-refractivity contribution in [1.29, 1.82) is 0 Å². The highest BCUT2D eigenvalue weighted by atomic mass is 16.5. The van der Waals surface area contributed by atoms with Gasteiger partial charge in [-0.15, -0.1) is 0 Å². The second-order valence-electron chi connectivity index (χ2n) is 3.62. The number of rotatable bonds is 5. The maximum absolute atomic E-state index is 11.8. The SMILES string of the molecule is CCOC(=O)/C(=N\Nc1ccccc1)c1cnc[nH]1. The van der Waals surface area contributed by atoms with E-state index in [0.29, 0.717) is 5.69 Å². The van der Waals surface area contributed by atoms with Gasteiger partial charge in [0.2, 0.25) is 0 Å². The average Bonchev–Trinajstić information content (AvgIpc) is 2.94. The zero-order valence-electron chi connectivity index (χ0n) is 10.5. The molecule has 0 spiro atoms. The predicted molar refractivity (Wildman–Crippen MR) is 71.8 cm³/mol.